The van der Waals surface area contributed by atoms with Crippen LogP contribution in [0, 0.1) is 0 Å². The first-order valence-electron chi connectivity index (χ1n) is 6.18. The summed E-state index contributed by atoms with van der Waals surface area (Å²) in [5.74, 6) is 0. The molecule has 2 aromatic rings. The highest BCUT2D eigenvalue weighted by Crippen LogP contribution is 2.14. The van der Waals surface area contributed by atoms with Crippen molar-refractivity contribution in [2.24, 2.45) is 0 Å². The lowest BCUT2D eigenvalue weighted by Crippen LogP contribution is -2.30. The van der Waals surface area contributed by atoms with Gasteiger partial charge in [-0.1, -0.05) is 45.7 Å². The number of amides is 2. The number of urea groups is 1. The molecule has 2 amide bonds. The molecule has 0 radical (unpaired) electrons. The lowest BCUT2D eigenvalue weighted by molar-refractivity contribution is 0.252. The number of benzene rings is 2. The van der Waals surface area contributed by atoms with Crippen LogP contribution in [-0.2, 0) is 6.42 Å². The number of rotatable bonds is 4. The summed E-state index contributed by atoms with van der Waals surface area (Å²) in [5.41, 5.74) is 1.85. The Balaban J connectivity index is 1.78. The Kier molecular flexibility index (Phi) is 5.44. The second-order valence-corrected chi connectivity index (χ2v) is 5.62. The molecule has 0 heterocycles. The van der Waals surface area contributed by atoms with Crippen LogP contribution < -0.4 is 10.6 Å². The van der Waals surface area contributed by atoms with Gasteiger partial charge in [0.1, 0.15) is 0 Å². The molecule has 0 bridgehead atoms. The van der Waals surface area contributed by atoms with Gasteiger partial charge in [0.05, 0.1) is 0 Å². The van der Waals surface area contributed by atoms with Crippen molar-refractivity contribution in [3.05, 3.63) is 63.6 Å². The van der Waals surface area contributed by atoms with E-state index in [0.717, 1.165) is 10.9 Å². The summed E-state index contributed by atoms with van der Waals surface area (Å²) < 4.78 is 1.04. The highest BCUT2D eigenvalue weighted by atomic mass is 79.9. The van der Waals surface area contributed by atoms with Crippen molar-refractivity contribution in [3.63, 3.8) is 0 Å². The lowest BCUT2D eigenvalue weighted by atomic mass is 10.1. The topological polar surface area (TPSA) is 41.1 Å². The number of carbonyl (C=O) groups excluding carboxylic acids is 1. The van der Waals surface area contributed by atoms with Gasteiger partial charge in [-0.2, -0.15) is 0 Å². The van der Waals surface area contributed by atoms with E-state index in [1.54, 1.807) is 24.3 Å². The maximum absolute atomic E-state index is 11.7. The Morgan fingerprint density at radius 3 is 2.70 bits per heavy atom. The third kappa shape index (κ3) is 4.87. The molecule has 5 heteroatoms. The monoisotopic (exact) mass is 352 g/mol. The van der Waals surface area contributed by atoms with Gasteiger partial charge in [-0.3, -0.25) is 0 Å². The lowest BCUT2D eigenvalue weighted by Gasteiger charge is -2.08. The van der Waals surface area contributed by atoms with Crippen molar-refractivity contribution < 1.29 is 4.79 Å². The number of halogens is 2. The fourth-order valence-corrected chi connectivity index (χ4v) is 2.39. The summed E-state index contributed by atoms with van der Waals surface area (Å²) >= 11 is 9.27. The highest BCUT2D eigenvalue weighted by molar-refractivity contribution is 9.10. The van der Waals surface area contributed by atoms with Gasteiger partial charge >= 0.3 is 6.03 Å². The molecule has 0 fully saturated rings. The molecule has 0 atom stereocenters. The summed E-state index contributed by atoms with van der Waals surface area (Å²) in [6.45, 7) is 0.572. The van der Waals surface area contributed by atoms with Crippen molar-refractivity contribution in [1.82, 2.24) is 5.32 Å². The van der Waals surface area contributed by atoms with E-state index >= 15 is 0 Å². The van der Waals surface area contributed by atoms with Gasteiger partial charge in [-0.25, -0.2) is 4.79 Å². The molecule has 2 rings (SSSR count). The Morgan fingerprint density at radius 1 is 1.15 bits per heavy atom. The molecule has 20 heavy (non-hydrogen) atoms. The van der Waals surface area contributed by atoms with Crippen molar-refractivity contribution >= 4 is 39.2 Å². The molecular weight excluding hydrogens is 340 g/mol. The first-order valence-corrected chi connectivity index (χ1v) is 7.35. The molecule has 0 spiro atoms. The molecule has 3 nitrogen and oxygen atoms in total. The number of anilines is 1. The molecule has 0 aromatic heterocycles. The zero-order valence-corrected chi connectivity index (χ0v) is 13.0. The van der Waals surface area contributed by atoms with E-state index < -0.39 is 0 Å². The van der Waals surface area contributed by atoms with Crippen molar-refractivity contribution in [1.29, 1.82) is 0 Å². The normalized spacial score (nSPS) is 10.1. The molecule has 0 unspecified atom stereocenters. The Hall–Kier alpha value is -1.52. The highest BCUT2D eigenvalue weighted by Gasteiger charge is 2.02. The zero-order valence-electron chi connectivity index (χ0n) is 10.7. The number of nitrogens with one attached hydrogen (secondary N) is 2. The summed E-state index contributed by atoms with van der Waals surface area (Å²) in [4.78, 5) is 11.7. The van der Waals surface area contributed by atoms with Crippen LogP contribution in [0.4, 0.5) is 10.5 Å². The second-order valence-electron chi connectivity index (χ2n) is 4.27. The van der Waals surface area contributed by atoms with Crippen LogP contribution in [0.3, 0.4) is 0 Å². The average Bonchev–Trinajstić information content (AvgIpc) is 2.38. The molecule has 2 N–H and O–H groups in total. The Labute approximate surface area is 131 Å². The first kappa shape index (κ1) is 14.9. The predicted molar refractivity (Wildman–Crippen MR) is 86.3 cm³/mol. The van der Waals surface area contributed by atoms with Crippen LogP contribution in [0.15, 0.2) is 53.0 Å². The maximum atomic E-state index is 11.7. The van der Waals surface area contributed by atoms with Gasteiger partial charge < -0.3 is 10.6 Å². The van der Waals surface area contributed by atoms with Crippen LogP contribution in [0.5, 0.6) is 0 Å². The van der Waals surface area contributed by atoms with E-state index in [2.05, 4.69) is 26.6 Å². The third-order valence-electron chi connectivity index (χ3n) is 2.67. The van der Waals surface area contributed by atoms with Crippen molar-refractivity contribution in [2.75, 3.05) is 11.9 Å². The molecule has 0 saturated heterocycles. The predicted octanol–water partition coefficient (Wildman–Crippen LogP) is 4.47. The maximum Gasteiger partial charge on any atom is 0.319 e. The second kappa shape index (κ2) is 7.31. The molecular formula is C15H14BrClN2O. The Morgan fingerprint density at radius 2 is 1.95 bits per heavy atom. The van der Waals surface area contributed by atoms with Gasteiger partial charge in [0.2, 0.25) is 0 Å². The van der Waals surface area contributed by atoms with E-state index in [1.807, 2.05) is 24.3 Å². The molecule has 2 aromatic carbocycles. The van der Waals surface area contributed by atoms with E-state index in [4.69, 9.17) is 11.6 Å². The number of hydrogen-bond acceptors (Lipinski definition) is 1. The largest absolute Gasteiger partial charge is 0.338 e. The van der Waals surface area contributed by atoms with Gasteiger partial charge in [-0.05, 0) is 42.3 Å². The quantitative estimate of drug-likeness (QED) is 0.837. The molecule has 0 aliphatic heterocycles. The summed E-state index contributed by atoms with van der Waals surface area (Å²) in [5, 5.41) is 6.14. The molecule has 104 valence electrons. The standard InChI is InChI=1S/C15H14BrClN2O/c16-12-4-1-3-11(9-12)7-8-18-15(20)19-14-6-2-5-13(17)10-14/h1-6,9-10H,7-8H2,(H2,18,19,20). The Bertz CT molecular complexity index is 604. The van der Waals surface area contributed by atoms with Gasteiger partial charge in [0, 0.05) is 21.7 Å². The van der Waals surface area contributed by atoms with Gasteiger partial charge in [-0.15, -0.1) is 0 Å². The van der Waals surface area contributed by atoms with Crippen LogP contribution in [0.1, 0.15) is 5.56 Å². The third-order valence-corrected chi connectivity index (χ3v) is 3.40. The van der Waals surface area contributed by atoms with Crippen LogP contribution in [0.2, 0.25) is 5.02 Å². The fourth-order valence-electron chi connectivity index (χ4n) is 1.75. The van der Waals surface area contributed by atoms with E-state index in [9.17, 15) is 4.79 Å². The summed E-state index contributed by atoms with van der Waals surface area (Å²) in [7, 11) is 0. The van der Waals surface area contributed by atoms with E-state index in [0.29, 0.717) is 17.3 Å². The van der Waals surface area contributed by atoms with Crippen LogP contribution >= 0.6 is 27.5 Å². The van der Waals surface area contributed by atoms with Crippen LogP contribution in [0.25, 0.3) is 0 Å². The minimum atomic E-state index is -0.234. The zero-order chi connectivity index (χ0) is 14.4. The molecule has 0 saturated carbocycles. The van der Waals surface area contributed by atoms with Crippen molar-refractivity contribution in [3.8, 4) is 0 Å². The minimum Gasteiger partial charge on any atom is -0.338 e. The summed E-state index contributed by atoms with van der Waals surface area (Å²) in [6, 6.07) is 14.8. The average molecular weight is 354 g/mol. The van der Waals surface area contributed by atoms with Gasteiger partial charge in [0.25, 0.3) is 0 Å². The summed E-state index contributed by atoms with van der Waals surface area (Å²) in [6.07, 6.45) is 0.780. The minimum absolute atomic E-state index is 0.234. The molecule has 0 aliphatic carbocycles. The van der Waals surface area contributed by atoms with Crippen molar-refractivity contribution in [2.45, 2.75) is 6.42 Å². The number of hydrogen-bond donors (Lipinski definition) is 2. The first-order chi connectivity index (χ1) is 9.63. The van der Waals surface area contributed by atoms with Gasteiger partial charge in [0.15, 0.2) is 0 Å². The SMILES string of the molecule is O=C(NCCc1cccc(Br)c1)Nc1cccc(Cl)c1. The number of carbonyl (C=O) groups is 1. The fraction of sp³-hybridized carbons (Fsp3) is 0.133. The van der Waals surface area contributed by atoms with Crippen LogP contribution in [-0.4, -0.2) is 12.6 Å². The molecule has 0 aliphatic rings. The smallest absolute Gasteiger partial charge is 0.319 e. The van der Waals surface area contributed by atoms with E-state index in [-0.39, 0.29) is 6.03 Å². The van der Waals surface area contributed by atoms with E-state index in [1.165, 1.54) is 5.56 Å².